The number of thiazole rings is 1. The summed E-state index contributed by atoms with van der Waals surface area (Å²) < 4.78 is 1.03. The summed E-state index contributed by atoms with van der Waals surface area (Å²) in [5.41, 5.74) is -1.09. The molecule has 19 heavy (non-hydrogen) atoms. The summed E-state index contributed by atoms with van der Waals surface area (Å²) in [6.07, 6.45) is 2.90. The Hall–Kier alpha value is -2.48. The highest BCUT2D eigenvalue weighted by Gasteiger charge is 2.12. The molecule has 2 heterocycles. The van der Waals surface area contributed by atoms with E-state index in [1.807, 2.05) is 0 Å². The van der Waals surface area contributed by atoms with Gasteiger partial charge in [0.2, 0.25) is 5.91 Å². The highest BCUT2D eigenvalue weighted by molar-refractivity contribution is 7.13. The van der Waals surface area contributed by atoms with Crippen molar-refractivity contribution in [3.8, 4) is 0 Å². The number of pyridine rings is 1. The average molecular weight is 279 g/mol. The zero-order valence-corrected chi connectivity index (χ0v) is 10.4. The molecule has 0 unspecified atom stereocenters. The lowest BCUT2D eigenvalue weighted by Crippen LogP contribution is -2.30. The van der Waals surface area contributed by atoms with Crippen molar-refractivity contribution in [1.82, 2.24) is 9.55 Å². The van der Waals surface area contributed by atoms with E-state index in [2.05, 4.69) is 10.3 Å². The summed E-state index contributed by atoms with van der Waals surface area (Å²) in [5, 5.41) is 13.4. The second kappa shape index (κ2) is 5.44. The fourth-order valence-electron chi connectivity index (χ4n) is 1.42. The van der Waals surface area contributed by atoms with Crippen LogP contribution in [0.5, 0.6) is 0 Å². The molecule has 0 saturated heterocycles. The number of hydrogen-bond acceptors (Lipinski definition) is 5. The molecule has 0 saturated carbocycles. The predicted molar refractivity (Wildman–Crippen MR) is 68.4 cm³/mol. The molecule has 0 radical (unpaired) electrons. The first-order valence-corrected chi connectivity index (χ1v) is 6.08. The van der Waals surface area contributed by atoms with Crippen molar-refractivity contribution in [1.29, 1.82) is 0 Å². The van der Waals surface area contributed by atoms with E-state index < -0.39 is 17.4 Å². The van der Waals surface area contributed by atoms with Crippen LogP contribution in [0.15, 0.2) is 34.7 Å². The summed E-state index contributed by atoms with van der Waals surface area (Å²) in [7, 11) is 0. The Morgan fingerprint density at radius 2 is 2.26 bits per heavy atom. The van der Waals surface area contributed by atoms with Crippen LogP contribution in [0.25, 0.3) is 0 Å². The van der Waals surface area contributed by atoms with Crippen molar-refractivity contribution in [3.63, 3.8) is 0 Å². The van der Waals surface area contributed by atoms with Gasteiger partial charge in [-0.2, -0.15) is 0 Å². The smallest absolute Gasteiger partial charge is 0.341 e. The van der Waals surface area contributed by atoms with E-state index in [1.54, 1.807) is 5.38 Å². The highest BCUT2D eigenvalue weighted by Crippen LogP contribution is 2.09. The Labute approximate surface area is 111 Å². The molecule has 0 aliphatic rings. The molecule has 0 aliphatic carbocycles. The third kappa shape index (κ3) is 3.05. The van der Waals surface area contributed by atoms with Gasteiger partial charge in [-0.1, -0.05) is 0 Å². The molecule has 0 fully saturated rings. The predicted octanol–water partition coefficient (Wildman–Crippen LogP) is 0.642. The second-order valence-electron chi connectivity index (χ2n) is 3.55. The maximum Gasteiger partial charge on any atom is 0.341 e. The Kier molecular flexibility index (Phi) is 3.71. The van der Waals surface area contributed by atoms with E-state index in [9.17, 15) is 14.4 Å². The number of nitrogens with one attached hydrogen (secondary N) is 1. The third-order valence-corrected chi connectivity index (χ3v) is 2.93. The lowest BCUT2D eigenvalue weighted by molar-refractivity contribution is -0.116. The first kappa shape index (κ1) is 13.0. The summed E-state index contributed by atoms with van der Waals surface area (Å²) in [6.45, 7) is -0.264. The number of aromatic nitrogens is 2. The van der Waals surface area contributed by atoms with Gasteiger partial charge in [0.25, 0.3) is 5.56 Å². The number of amides is 1. The van der Waals surface area contributed by atoms with Crippen LogP contribution < -0.4 is 10.9 Å². The van der Waals surface area contributed by atoms with Crippen LogP contribution in [-0.4, -0.2) is 26.5 Å². The first-order valence-electron chi connectivity index (χ1n) is 5.20. The summed E-state index contributed by atoms with van der Waals surface area (Å²) in [5.74, 6) is -1.76. The van der Waals surface area contributed by atoms with Gasteiger partial charge in [0.05, 0.1) is 0 Å². The number of hydrogen-bond donors (Lipinski definition) is 2. The van der Waals surface area contributed by atoms with Crippen molar-refractivity contribution >= 4 is 28.3 Å². The topological polar surface area (TPSA) is 101 Å². The Bertz CT molecular complexity index is 663. The van der Waals surface area contributed by atoms with Gasteiger partial charge in [0.15, 0.2) is 5.13 Å². The molecule has 98 valence electrons. The summed E-state index contributed by atoms with van der Waals surface area (Å²) in [6, 6.07) is 2.60. The fraction of sp³-hybridized carbons (Fsp3) is 0.0909. The lowest BCUT2D eigenvalue weighted by Gasteiger charge is -2.05. The Morgan fingerprint density at radius 1 is 1.47 bits per heavy atom. The van der Waals surface area contributed by atoms with E-state index in [0.717, 1.165) is 4.57 Å². The maximum atomic E-state index is 11.7. The lowest BCUT2D eigenvalue weighted by atomic mass is 10.3. The molecular weight excluding hydrogens is 270 g/mol. The molecular formula is C11H9N3O4S. The van der Waals surface area contributed by atoms with Gasteiger partial charge in [-0.25, -0.2) is 9.78 Å². The van der Waals surface area contributed by atoms with Crippen LogP contribution in [0, 0.1) is 0 Å². The van der Waals surface area contributed by atoms with Crippen LogP contribution >= 0.6 is 11.3 Å². The molecule has 0 bridgehead atoms. The average Bonchev–Trinajstić information content (AvgIpc) is 2.84. The van der Waals surface area contributed by atoms with Gasteiger partial charge < -0.3 is 15.0 Å². The van der Waals surface area contributed by atoms with Crippen LogP contribution in [-0.2, 0) is 11.3 Å². The van der Waals surface area contributed by atoms with Gasteiger partial charge >= 0.3 is 5.97 Å². The van der Waals surface area contributed by atoms with Crippen molar-refractivity contribution in [2.75, 3.05) is 5.32 Å². The molecule has 7 nitrogen and oxygen atoms in total. The molecule has 1 amide bonds. The van der Waals surface area contributed by atoms with Crippen LogP contribution in [0.2, 0.25) is 0 Å². The van der Waals surface area contributed by atoms with Crippen molar-refractivity contribution in [3.05, 3.63) is 45.8 Å². The Morgan fingerprint density at radius 3 is 2.89 bits per heavy atom. The molecule has 2 rings (SSSR count). The molecule has 0 spiro atoms. The SMILES string of the molecule is O=C(Cn1cccc(C(=O)O)c1=O)Nc1nccs1. The minimum atomic E-state index is -1.32. The molecule has 0 aromatic carbocycles. The number of carbonyl (C=O) groups is 2. The van der Waals surface area contributed by atoms with Gasteiger partial charge in [0, 0.05) is 17.8 Å². The molecule has 2 aromatic heterocycles. The van der Waals surface area contributed by atoms with E-state index in [0.29, 0.717) is 5.13 Å². The van der Waals surface area contributed by atoms with E-state index in [-0.39, 0.29) is 12.1 Å². The van der Waals surface area contributed by atoms with Gasteiger partial charge in [-0.05, 0) is 12.1 Å². The molecule has 8 heteroatoms. The number of anilines is 1. The fourth-order valence-corrected chi connectivity index (χ4v) is 1.97. The van der Waals surface area contributed by atoms with Gasteiger partial charge in [-0.3, -0.25) is 9.59 Å². The second-order valence-corrected chi connectivity index (χ2v) is 4.44. The summed E-state index contributed by atoms with van der Waals surface area (Å²) >= 11 is 1.25. The number of aromatic carboxylic acids is 1. The molecule has 2 N–H and O–H groups in total. The van der Waals surface area contributed by atoms with Crippen LogP contribution in [0.4, 0.5) is 5.13 Å². The van der Waals surface area contributed by atoms with Crippen LogP contribution in [0.1, 0.15) is 10.4 Å². The summed E-state index contributed by atoms with van der Waals surface area (Å²) in [4.78, 5) is 38.1. The minimum Gasteiger partial charge on any atom is -0.477 e. The number of carboxylic acid groups (broad SMARTS) is 1. The molecule has 0 aliphatic heterocycles. The Balaban J connectivity index is 2.15. The number of nitrogens with zero attached hydrogens (tertiary/aromatic N) is 2. The maximum absolute atomic E-state index is 11.7. The molecule has 2 aromatic rings. The van der Waals surface area contributed by atoms with Gasteiger partial charge in [-0.15, -0.1) is 11.3 Å². The number of rotatable bonds is 4. The van der Waals surface area contributed by atoms with E-state index in [1.165, 1.54) is 35.9 Å². The van der Waals surface area contributed by atoms with E-state index >= 15 is 0 Å². The number of carboxylic acids is 1. The third-order valence-electron chi connectivity index (χ3n) is 2.24. The number of carbonyl (C=O) groups excluding carboxylic acids is 1. The minimum absolute atomic E-state index is 0.264. The zero-order chi connectivity index (χ0) is 13.8. The molecule has 0 atom stereocenters. The van der Waals surface area contributed by atoms with Crippen molar-refractivity contribution in [2.45, 2.75) is 6.54 Å². The highest BCUT2D eigenvalue weighted by atomic mass is 32.1. The van der Waals surface area contributed by atoms with Crippen LogP contribution in [0.3, 0.4) is 0 Å². The quantitative estimate of drug-likeness (QED) is 0.855. The standard InChI is InChI=1S/C11H9N3O4S/c15-8(13-11-12-3-5-19-11)6-14-4-1-2-7(9(14)16)10(17)18/h1-5H,6H2,(H,17,18)(H,12,13,15). The van der Waals surface area contributed by atoms with E-state index in [4.69, 9.17) is 5.11 Å². The normalized spacial score (nSPS) is 10.1. The van der Waals surface area contributed by atoms with Crippen molar-refractivity contribution in [2.24, 2.45) is 0 Å². The van der Waals surface area contributed by atoms with Crippen molar-refractivity contribution < 1.29 is 14.7 Å². The van der Waals surface area contributed by atoms with Gasteiger partial charge in [0.1, 0.15) is 12.1 Å². The largest absolute Gasteiger partial charge is 0.477 e. The first-order chi connectivity index (χ1) is 9.08. The zero-order valence-electron chi connectivity index (χ0n) is 9.57. The monoisotopic (exact) mass is 279 g/mol.